The van der Waals surface area contributed by atoms with Crippen LogP contribution >= 0.6 is 0 Å². The number of rotatable bonds is 0. The van der Waals surface area contributed by atoms with E-state index >= 15 is 0 Å². The minimum absolute atomic E-state index is 0. The summed E-state index contributed by atoms with van der Waals surface area (Å²) in [4.78, 5) is 8.56. The molecule has 0 aliphatic carbocycles. The molecule has 2 N–H and O–H groups in total. The van der Waals surface area contributed by atoms with E-state index in [4.69, 9.17) is 15.0 Å². The fraction of sp³-hybridized carbons (Fsp3) is 0. The molecule has 0 saturated carbocycles. The summed E-state index contributed by atoms with van der Waals surface area (Å²) in [5.74, 6) is 0. The van der Waals surface area contributed by atoms with Crippen molar-refractivity contribution in [3.8, 4) is 0 Å². The largest absolute Gasteiger partial charge is 2.00 e. The molecular weight excluding hydrogens is 139 g/mol. The zero-order valence-electron chi connectivity index (χ0n) is 6.51. The first kappa shape index (κ1) is 15.7. The average Bonchev–Trinajstić information content (AvgIpc) is 0.811. The van der Waals surface area contributed by atoms with Crippen LogP contribution in [0.4, 0.5) is 4.79 Å². The van der Waals surface area contributed by atoms with Gasteiger partial charge in [0.05, 0.1) is 0 Å². The van der Waals surface area contributed by atoms with Gasteiger partial charge in [-0.25, -0.2) is 4.79 Å². The number of carboxylic acid groups (broad SMARTS) is 2. The molecular formula is CH5CaKO3. The summed E-state index contributed by atoms with van der Waals surface area (Å²) in [7, 11) is 0. The standard InChI is InChI=1S/CH2O3.Ca.K.3H/c2-1(3)4;;;;;/h(H2,2,3,4);;;;;/q;+2;+1;3*-1. The van der Waals surface area contributed by atoms with E-state index in [9.17, 15) is 0 Å². The van der Waals surface area contributed by atoms with Crippen molar-refractivity contribution in [2.75, 3.05) is 0 Å². The maximum Gasteiger partial charge on any atom is 2.00 e. The van der Waals surface area contributed by atoms with Crippen molar-refractivity contribution in [1.29, 1.82) is 0 Å². The van der Waals surface area contributed by atoms with E-state index in [2.05, 4.69) is 0 Å². The Labute approximate surface area is 112 Å². The third kappa shape index (κ3) is 35.1. The monoisotopic (exact) mass is 144 g/mol. The molecule has 0 aliphatic heterocycles. The van der Waals surface area contributed by atoms with Gasteiger partial charge in [0.1, 0.15) is 0 Å². The van der Waals surface area contributed by atoms with Gasteiger partial charge in [0, 0.05) is 0 Å². The van der Waals surface area contributed by atoms with Gasteiger partial charge >= 0.3 is 95.3 Å². The van der Waals surface area contributed by atoms with Gasteiger partial charge in [-0.05, 0) is 0 Å². The van der Waals surface area contributed by atoms with Crippen LogP contribution in [0.5, 0.6) is 0 Å². The van der Waals surface area contributed by atoms with Gasteiger partial charge in [0.15, 0.2) is 0 Å². The molecule has 0 heterocycles. The fourth-order valence-electron chi connectivity index (χ4n) is 0. The summed E-state index contributed by atoms with van der Waals surface area (Å²) < 4.78 is 0. The summed E-state index contributed by atoms with van der Waals surface area (Å²) in [6, 6.07) is 0. The molecule has 0 aliphatic rings. The molecule has 0 aromatic rings. The Hall–Kier alpha value is 2.17. The molecule has 0 fully saturated rings. The molecule has 0 aromatic carbocycles. The van der Waals surface area contributed by atoms with E-state index in [0.29, 0.717) is 0 Å². The molecule has 0 aromatic heterocycles. The zero-order chi connectivity index (χ0) is 3.58. The Balaban J connectivity index is -0.00000000450. The molecule has 0 bridgehead atoms. The third-order valence-electron chi connectivity index (χ3n) is 0. The van der Waals surface area contributed by atoms with Crippen molar-refractivity contribution < 1.29 is 70.7 Å². The average molecular weight is 144 g/mol. The molecule has 3 nitrogen and oxygen atoms in total. The van der Waals surface area contributed by atoms with Crippen molar-refractivity contribution in [3.63, 3.8) is 0 Å². The number of carbonyl (C=O) groups is 1. The van der Waals surface area contributed by atoms with Crippen LogP contribution in [0.15, 0.2) is 0 Å². The summed E-state index contributed by atoms with van der Waals surface area (Å²) >= 11 is 0. The van der Waals surface area contributed by atoms with Gasteiger partial charge in [-0.3, -0.25) is 0 Å². The van der Waals surface area contributed by atoms with Gasteiger partial charge in [-0.1, -0.05) is 0 Å². The van der Waals surface area contributed by atoms with Crippen molar-refractivity contribution in [1.82, 2.24) is 0 Å². The molecule has 6 heavy (non-hydrogen) atoms. The van der Waals surface area contributed by atoms with Crippen LogP contribution in [0.25, 0.3) is 0 Å². The quantitative estimate of drug-likeness (QED) is 0.361. The van der Waals surface area contributed by atoms with E-state index in [1.807, 2.05) is 0 Å². The Morgan fingerprint density at radius 3 is 1.50 bits per heavy atom. The topological polar surface area (TPSA) is 57.5 Å². The van der Waals surface area contributed by atoms with E-state index in [1.54, 1.807) is 0 Å². The van der Waals surface area contributed by atoms with Crippen LogP contribution in [-0.4, -0.2) is 54.1 Å². The first-order valence-electron chi connectivity index (χ1n) is 0.651. The number of hydrogen-bond acceptors (Lipinski definition) is 1. The number of hydrogen-bond donors (Lipinski definition) is 2. The molecule has 0 amide bonds. The fourth-order valence-corrected chi connectivity index (χ4v) is 0. The van der Waals surface area contributed by atoms with Crippen molar-refractivity contribution in [2.24, 2.45) is 0 Å². The van der Waals surface area contributed by atoms with Gasteiger partial charge in [-0.15, -0.1) is 0 Å². The summed E-state index contributed by atoms with van der Waals surface area (Å²) in [5, 5.41) is 13.9. The van der Waals surface area contributed by atoms with Gasteiger partial charge in [0.25, 0.3) is 0 Å². The molecule has 0 atom stereocenters. The molecule has 0 radical (unpaired) electrons. The molecule has 0 unspecified atom stereocenters. The van der Waals surface area contributed by atoms with Gasteiger partial charge in [0.2, 0.25) is 0 Å². The van der Waals surface area contributed by atoms with E-state index in [0.717, 1.165) is 0 Å². The van der Waals surface area contributed by atoms with Crippen molar-refractivity contribution >= 4 is 43.9 Å². The predicted molar refractivity (Wildman–Crippen MR) is 19.7 cm³/mol. The van der Waals surface area contributed by atoms with Crippen LogP contribution < -0.4 is 51.4 Å². The normalized spacial score (nSPS) is 4.00. The minimum Gasteiger partial charge on any atom is -1.00 e. The molecule has 0 saturated heterocycles. The SMILES string of the molecule is O=C(O)O.[Ca+2].[H-].[H-].[H-].[K+]. The first-order chi connectivity index (χ1) is 1.73. The molecule has 30 valence electrons. The minimum atomic E-state index is -1.83. The van der Waals surface area contributed by atoms with E-state index in [1.165, 1.54) is 0 Å². The summed E-state index contributed by atoms with van der Waals surface area (Å²) in [6.07, 6.45) is -1.83. The molecule has 0 spiro atoms. The van der Waals surface area contributed by atoms with Crippen molar-refractivity contribution in [2.45, 2.75) is 0 Å². The third-order valence-corrected chi connectivity index (χ3v) is 0. The first-order valence-corrected chi connectivity index (χ1v) is 0.651. The molecule has 0 rings (SSSR count). The summed E-state index contributed by atoms with van der Waals surface area (Å²) in [6.45, 7) is 0. The van der Waals surface area contributed by atoms with Crippen LogP contribution in [0.1, 0.15) is 4.28 Å². The van der Waals surface area contributed by atoms with Gasteiger partial charge in [-0.2, -0.15) is 0 Å². The smallest absolute Gasteiger partial charge is 1.00 e. The van der Waals surface area contributed by atoms with Crippen LogP contribution in [0.2, 0.25) is 0 Å². The summed E-state index contributed by atoms with van der Waals surface area (Å²) in [5.41, 5.74) is 0. The van der Waals surface area contributed by atoms with Crippen molar-refractivity contribution in [3.05, 3.63) is 0 Å². The second kappa shape index (κ2) is 10.2. The van der Waals surface area contributed by atoms with E-state index < -0.39 is 6.16 Å². The van der Waals surface area contributed by atoms with Crippen LogP contribution in [-0.2, 0) is 0 Å². The maximum atomic E-state index is 8.56. The Bertz CT molecular complexity index is 42.0. The zero-order valence-corrected chi connectivity index (χ0v) is 8.84. The Kier molecular flexibility index (Phi) is 26.7. The second-order valence-electron chi connectivity index (χ2n) is 0.283. The van der Waals surface area contributed by atoms with Crippen LogP contribution in [0.3, 0.4) is 0 Å². The predicted octanol–water partition coefficient (Wildman–Crippen LogP) is -2.82. The second-order valence-corrected chi connectivity index (χ2v) is 0.283. The van der Waals surface area contributed by atoms with Gasteiger partial charge < -0.3 is 14.5 Å². The van der Waals surface area contributed by atoms with E-state index in [-0.39, 0.29) is 93.4 Å². The Morgan fingerprint density at radius 1 is 1.50 bits per heavy atom. The maximum absolute atomic E-state index is 8.56. The Morgan fingerprint density at radius 2 is 1.50 bits per heavy atom. The molecule has 5 heteroatoms. The van der Waals surface area contributed by atoms with Crippen LogP contribution in [0, 0.1) is 0 Å².